The lowest BCUT2D eigenvalue weighted by molar-refractivity contribution is 0.0527. The number of aromatic nitrogens is 1. The van der Waals surface area contributed by atoms with E-state index in [4.69, 9.17) is 4.74 Å². The first-order valence-electron chi connectivity index (χ1n) is 7.39. The van der Waals surface area contributed by atoms with Crippen LogP contribution in [-0.2, 0) is 4.74 Å². The molecule has 1 aromatic heterocycles. The minimum atomic E-state index is -0.512. The van der Waals surface area contributed by atoms with Crippen molar-refractivity contribution in [1.29, 1.82) is 0 Å². The van der Waals surface area contributed by atoms with Gasteiger partial charge in [0.25, 0.3) is 0 Å². The summed E-state index contributed by atoms with van der Waals surface area (Å²) in [4.78, 5) is 37.2. The zero-order valence-electron chi connectivity index (χ0n) is 13.6. The summed E-state index contributed by atoms with van der Waals surface area (Å²) in [6.45, 7) is 7.58. The predicted octanol–water partition coefficient (Wildman–Crippen LogP) is 2.56. The van der Waals surface area contributed by atoms with Gasteiger partial charge in [-0.25, -0.2) is 4.79 Å². The summed E-state index contributed by atoms with van der Waals surface area (Å²) in [5.41, 5.74) is 0.404. The van der Waals surface area contributed by atoms with E-state index in [1.807, 2.05) is 0 Å². The Morgan fingerprint density at radius 2 is 1.91 bits per heavy atom. The number of carbonyl (C=O) groups excluding carboxylic acids is 2. The van der Waals surface area contributed by atoms with Crippen LogP contribution in [0.5, 0.6) is 0 Å². The van der Waals surface area contributed by atoms with Crippen LogP contribution in [0, 0.1) is 6.92 Å². The molecule has 0 fully saturated rings. The Hall–Kier alpha value is -2.11. The SMILES string of the molecule is Cc1[nH]c(=O)ccc1C(=O)CCCCNC(=O)OC(C)(C)C. The van der Waals surface area contributed by atoms with Crippen molar-refractivity contribution in [3.63, 3.8) is 0 Å². The van der Waals surface area contributed by atoms with Gasteiger partial charge in [0.2, 0.25) is 5.56 Å². The van der Waals surface area contributed by atoms with Crippen molar-refractivity contribution in [2.45, 2.75) is 52.6 Å². The lowest BCUT2D eigenvalue weighted by Crippen LogP contribution is -2.33. The predicted molar refractivity (Wildman–Crippen MR) is 84.2 cm³/mol. The van der Waals surface area contributed by atoms with E-state index in [-0.39, 0.29) is 11.3 Å². The molecule has 6 nitrogen and oxygen atoms in total. The van der Waals surface area contributed by atoms with Gasteiger partial charge < -0.3 is 15.0 Å². The molecular weight excluding hydrogens is 284 g/mol. The van der Waals surface area contributed by atoms with Gasteiger partial charge >= 0.3 is 6.09 Å². The van der Waals surface area contributed by atoms with E-state index in [2.05, 4.69) is 10.3 Å². The fourth-order valence-corrected chi connectivity index (χ4v) is 1.93. The van der Waals surface area contributed by atoms with Crippen LogP contribution in [0.4, 0.5) is 4.79 Å². The van der Waals surface area contributed by atoms with E-state index in [0.29, 0.717) is 37.1 Å². The van der Waals surface area contributed by atoms with E-state index in [1.54, 1.807) is 33.8 Å². The Morgan fingerprint density at radius 1 is 1.23 bits per heavy atom. The molecule has 22 heavy (non-hydrogen) atoms. The van der Waals surface area contributed by atoms with E-state index >= 15 is 0 Å². The van der Waals surface area contributed by atoms with Gasteiger partial charge in [-0.15, -0.1) is 0 Å². The fourth-order valence-electron chi connectivity index (χ4n) is 1.93. The summed E-state index contributed by atoms with van der Waals surface area (Å²) < 4.78 is 5.11. The highest BCUT2D eigenvalue weighted by atomic mass is 16.6. The van der Waals surface area contributed by atoms with E-state index in [1.165, 1.54) is 6.07 Å². The number of rotatable bonds is 6. The van der Waals surface area contributed by atoms with Gasteiger partial charge in [-0.2, -0.15) is 0 Å². The van der Waals surface area contributed by atoms with Crippen LogP contribution in [0.1, 0.15) is 56.1 Å². The van der Waals surface area contributed by atoms with Crippen molar-refractivity contribution in [2.75, 3.05) is 6.54 Å². The van der Waals surface area contributed by atoms with Gasteiger partial charge in [0.15, 0.2) is 5.78 Å². The second kappa shape index (κ2) is 7.77. The highest BCUT2D eigenvalue weighted by Crippen LogP contribution is 2.09. The maximum Gasteiger partial charge on any atom is 0.407 e. The van der Waals surface area contributed by atoms with E-state index in [0.717, 1.165) is 0 Å². The highest BCUT2D eigenvalue weighted by molar-refractivity contribution is 5.96. The molecule has 1 rings (SSSR count). The third-order valence-electron chi connectivity index (χ3n) is 2.92. The molecule has 0 atom stereocenters. The number of ketones is 1. The standard InChI is InChI=1S/C16H24N2O4/c1-11-12(8-9-14(20)18-11)13(19)7-5-6-10-17-15(21)22-16(2,3)4/h8-9H,5-7,10H2,1-4H3,(H,17,21)(H,18,20). The Labute approximate surface area is 130 Å². The number of unbranched alkanes of at least 4 members (excludes halogenated alkanes) is 1. The Bertz CT molecular complexity index is 585. The number of carbonyl (C=O) groups is 2. The third kappa shape index (κ3) is 6.56. The summed E-state index contributed by atoms with van der Waals surface area (Å²) in [6.07, 6.45) is 1.28. The van der Waals surface area contributed by atoms with Crippen LogP contribution < -0.4 is 10.9 Å². The molecule has 0 radical (unpaired) electrons. The molecule has 1 aromatic rings. The topological polar surface area (TPSA) is 88.3 Å². The van der Waals surface area contributed by atoms with Crippen molar-refractivity contribution in [3.05, 3.63) is 33.7 Å². The van der Waals surface area contributed by atoms with Crippen LogP contribution in [-0.4, -0.2) is 29.0 Å². The molecule has 0 aromatic carbocycles. The molecule has 0 bridgehead atoms. The van der Waals surface area contributed by atoms with Gasteiger partial charge in [0.05, 0.1) is 0 Å². The van der Waals surface area contributed by atoms with Crippen LogP contribution >= 0.6 is 0 Å². The first-order chi connectivity index (χ1) is 10.2. The summed E-state index contributed by atoms with van der Waals surface area (Å²) in [7, 11) is 0. The number of aromatic amines is 1. The number of alkyl carbamates (subject to hydrolysis) is 1. The van der Waals surface area contributed by atoms with Crippen LogP contribution in [0.25, 0.3) is 0 Å². The molecule has 0 saturated carbocycles. The van der Waals surface area contributed by atoms with Crippen molar-refractivity contribution in [1.82, 2.24) is 10.3 Å². The van der Waals surface area contributed by atoms with Gasteiger partial charge in [-0.05, 0) is 46.6 Å². The Morgan fingerprint density at radius 3 is 2.50 bits per heavy atom. The molecule has 6 heteroatoms. The normalized spacial score (nSPS) is 11.1. The number of hydrogen-bond donors (Lipinski definition) is 2. The first-order valence-corrected chi connectivity index (χ1v) is 7.39. The third-order valence-corrected chi connectivity index (χ3v) is 2.92. The monoisotopic (exact) mass is 308 g/mol. The quantitative estimate of drug-likeness (QED) is 0.624. The summed E-state index contributed by atoms with van der Waals surface area (Å²) in [6, 6.07) is 2.90. The van der Waals surface area contributed by atoms with Gasteiger partial charge in [-0.3, -0.25) is 9.59 Å². The molecule has 1 amide bonds. The number of aryl methyl sites for hydroxylation is 1. The second-order valence-corrected chi connectivity index (χ2v) is 6.17. The molecule has 0 spiro atoms. The van der Waals surface area contributed by atoms with Crippen molar-refractivity contribution >= 4 is 11.9 Å². The number of H-pyrrole nitrogens is 1. The number of Topliss-reactive ketones (excluding diaryl/α,β-unsaturated/α-hetero) is 1. The molecule has 0 unspecified atom stereocenters. The highest BCUT2D eigenvalue weighted by Gasteiger charge is 2.15. The largest absolute Gasteiger partial charge is 0.444 e. The second-order valence-electron chi connectivity index (χ2n) is 6.17. The van der Waals surface area contributed by atoms with Crippen LogP contribution in [0.15, 0.2) is 16.9 Å². The molecule has 122 valence electrons. The molecule has 2 N–H and O–H groups in total. The zero-order chi connectivity index (χ0) is 16.8. The average molecular weight is 308 g/mol. The minimum absolute atomic E-state index is 0.00832. The lowest BCUT2D eigenvalue weighted by Gasteiger charge is -2.19. The van der Waals surface area contributed by atoms with Gasteiger partial charge in [0, 0.05) is 30.3 Å². The molecule has 1 heterocycles. The maximum atomic E-state index is 12.0. The summed E-state index contributed by atoms with van der Waals surface area (Å²) in [5, 5.41) is 2.65. The number of nitrogens with one attached hydrogen (secondary N) is 2. The number of amides is 1. The fraction of sp³-hybridized carbons (Fsp3) is 0.562. The number of pyridine rings is 1. The summed E-state index contributed by atoms with van der Waals surface area (Å²) >= 11 is 0. The number of hydrogen-bond acceptors (Lipinski definition) is 4. The molecular formula is C16H24N2O4. The maximum absolute atomic E-state index is 12.0. The lowest BCUT2D eigenvalue weighted by atomic mass is 10.0. The number of ether oxygens (including phenoxy) is 1. The molecule has 0 aliphatic rings. The van der Waals surface area contributed by atoms with Crippen molar-refractivity contribution < 1.29 is 14.3 Å². The van der Waals surface area contributed by atoms with Crippen LogP contribution in [0.3, 0.4) is 0 Å². The van der Waals surface area contributed by atoms with Gasteiger partial charge in [0.1, 0.15) is 5.60 Å². The zero-order valence-corrected chi connectivity index (χ0v) is 13.6. The first kappa shape index (κ1) is 17.9. The average Bonchev–Trinajstić information content (AvgIpc) is 2.35. The molecule has 0 saturated heterocycles. The van der Waals surface area contributed by atoms with E-state index in [9.17, 15) is 14.4 Å². The molecule has 0 aliphatic heterocycles. The Balaban J connectivity index is 2.29. The van der Waals surface area contributed by atoms with E-state index < -0.39 is 11.7 Å². The Kier molecular flexibility index (Phi) is 6.34. The van der Waals surface area contributed by atoms with Crippen molar-refractivity contribution in [2.24, 2.45) is 0 Å². The van der Waals surface area contributed by atoms with Crippen molar-refractivity contribution in [3.8, 4) is 0 Å². The van der Waals surface area contributed by atoms with Gasteiger partial charge in [-0.1, -0.05) is 0 Å². The summed E-state index contributed by atoms with van der Waals surface area (Å²) in [5.74, 6) is -0.00832. The minimum Gasteiger partial charge on any atom is -0.444 e. The van der Waals surface area contributed by atoms with Crippen LogP contribution in [0.2, 0.25) is 0 Å². The smallest absolute Gasteiger partial charge is 0.407 e. The molecule has 0 aliphatic carbocycles.